The molecule has 4 heterocycles. The Labute approximate surface area is 194 Å². The summed E-state index contributed by atoms with van der Waals surface area (Å²) in [6.45, 7) is 1.19. The van der Waals surface area contributed by atoms with Gasteiger partial charge in [-0.25, -0.2) is 9.97 Å². The van der Waals surface area contributed by atoms with Crippen molar-refractivity contribution in [3.05, 3.63) is 56.9 Å². The summed E-state index contributed by atoms with van der Waals surface area (Å²) in [6.07, 6.45) is 4.01. The standard InChI is InChI=1S/C18H18N8O5S2/c27-25(28)17-11-19-13-3-5-15(21-23(13)17)32-9-1-7-31-8-2-10-33-16-6-4-14-20-12-18(26(29)30)24(14)22-16/h3-6,11-12H,1-2,7-10H2. The van der Waals surface area contributed by atoms with E-state index in [1.165, 1.54) is 44.9 Å². The van der Waals surface area contributed by atoms with Crippen molar-refractivity contribution in [3.63, 3.8) is 0 Å². The van der Waals surface area contributed by atoms with Crippen molar-refractivity contribution < 1.29 is 14.6 Å². The van der Waals surface area contributed by atoms with E-state index < -0.39 is 9.85 Å². The number of nitro groups is 2. The smallest absolute Gasteiger partial charge is 0.368 e. The predicted octanol–water partition coefficient (Wildman–Crippen LogP) is 3.27. The lowest BCUT2D eigenvalue weighted by molar-refractivity contribution is -0.391. The van der Waals surface area contributed by atoms with Gasteiger partial charge in [-0.05, 0) is 34.8 Å². The van der Waals surface area contributed by atoms with Gasteiger partial charge in [0.05, 0.1) is 0 Å². The Balaban J connectivity index is 1.13. The molecule has 0 aliphatic carbocycles. The molecule has 0 unspecified atom stereocenters. The van der Waals surface area contributed by atoms with Gasteiger partial charge in [0, 0.05) is 36.9 Å². The fourth-order valence-electron chi connectivity index (χ4n) is 2.87. The zero-order chi connectivity index (χ0) is 23.2. The molecule has 0 aliphatic heterocycles. The van der Waals surface area contributed by atoms with Crippen LogP contribution in [0.3, 0.4) is 0 Å². The SMILES string of the molecule is O=[N+]([O-])c1cnc2ccc(SCCCOCCCSc3ccc4ncc([N+](=O)[O-])n4n3)nn12. The molecule has 4 rings (SSSR count). The first-order valence-electron chi connectivity index (χ1n) is 9.84. The van der Waals surface area contributed by atoms with Crippen molar-refractivity contribution >= 4 is 46.5 Å². The first kappa shape index (κ1) is 22.9. The summed E-state index contributed by atoms with van der Waals surface area (Å²) in [5.41, 5.74) is 0.872. The third kappa shape index (κ3) is 5.55. The number of hydrogen-bond acceptors (Lipinski definition) is 11. The Bertz CT molecular complexity index is 1200. The highest BCUT2D eigenvalue weighted by Crippen LogP contribution is 2.21. The van der Waals surface area contributed by atoms with E-state index in [9.17, 15) is 20.2 Å². The molecular weight excluding hydrogens is 472 g/mol. The first-order valence-corrected chi connectivity index (χ1v) is 11.8. The average molecular weight is 491 g/mol. The van der Waals surface area contributed by atoms with E-state index in [1.54, 1.807) is 24.3 Å². The minimum absolute atomic E-state index is 0.160. The molecule has 0 spiro atoms. The Morgan fingerprint density at radius 3 is 1.67 bits per heavy atom. The van der Waals surface area contributed by atoms with Crippen molar-refractivity contribution in [1.29, 1.82) is 0 Å². The third-order valence-corrected chi connectivity index (χ3v) is 6.39. The lowest BCUT2D eigenvalue weighted by atomic mass is 10.5. The molecule has 4 aromatic rings. The largest absolute Gasteiger partial charge is 0.381 e. The molecule has 4 aromatic heterocycles. The lowest BCUT2D eigenvalue weighted by Crippen LogP contribution is -2.01. The molecule has 0 fully saturated rings. The molecule has 0 saturated heterocycles. The van der Waals surface area contributed by atoms with Crippen LogP contribution in [0.15, 0.2) is 46.7 Å². The van der Waals surface area contributed by atoms with Gasteiger partial charge in [0.25, 0.3) is 0 Å². The number of ether oxygens (including phenoxy) is 1. The van der Waals surface area contributed by atoms with Crippen molar-refractivity contribution in [1.82, 2.24) is 29.2 Å². The molecule has 13 nitrogen and oxygen atoms in total. The molecule has 0 N–H and O–H groups in total. The highest BCUT2D eigenvalue weighted by molar-refractivity contribution is 7.99. The summed E-state index contributed by atoms with van der Waals surface area (Å²) < 4.78 is 8.11. The van der Waals surface area contributed by atoms with Gasteiger partial charge in [-0.2, -0.15) is 0 Å². The topological polar surface area (TPSA) is 156 Å². The van der Waals surface area contributed by atoms with Gasteiger partial charge in [0.2, 0.25) is 11.3 Å². The Kier molecular flexibility index (Phi) is 7.31. The minimum Gasteiger partial charge on any atom is -0.381 e. The van der Waals surface area contributed by atoms with Crippen LogP contribution in [0.5, 0.6) is 0 Å². The van der Waals surface area contributed by atoms with Gasteiger partial charge in [0.1, 0.15) is 22.4 Å². The molecule has 0 aromatic carbocycles. The van der Waals surface area contributed by atoms with Crippen LogP contribution in [0.1, 0.15) is 12.8 Å². The minimum atomic E-state index is -0.510. The maximum absolute atomic E-state index is 11.0. The number of aromatic nitrogens is 6. The van der Waals surface area contributed by atoms with Crippen LogP contribution in [0.2, 0.25) is 0 Å². The Morgan fingerprint density at radius 2 is 1.24 bits per heavy atom. The van der Waals surface area contributed by atoms with Crippen molar-refractivity contribution in [3.8, 4) is 0 Å². The van der Waals surface area contributed by atoms with Gasteiger partial charge in [-0.15, -0.1) is 23.5 Å². The van der Waals surface area contributed by atoms with Crippen molar-refractivity contribution in [2.45, 2.75) is 22.9 Å². The predicted molar refractivity (Wildman–Crippen MR) is 121 cm³/mol. The van der Waals surface area contributed by atoms with Crippen LogP contribution in [0.4, 0.5) is 11.6 Å². The molecule has 0 bridgehead atoms. The number of fused-ring (bicyclic) bond motifs is 2. The van der Waals surface area contributed by atoms with E-state index in [0.29, 0.717) is 34.6 Å². The molecule has 172 valence electrons. The summed E-state index contributed by atoms with van der Waals surface area (Å²) in [5, 5.41) is 31.9. The summed E-state index contributed by atoms with van der Waals surface area (Å²) in [7, 11) is 0. The molecule has 15 heteroatoms. The number of hydrogen-bond donors (Lipinski definition) is 0. The zero-order valence-electron chi connectivity index (χ0n) is 17.1. The highest BCUT2D eigenvalue weighted by atomic mass is 32.2. The third-order valence-electron chi connectivity index (χ3n) is 4.38. The van der Waals surface area contributed by atoms with Gasteiger partial charge < -0.3 is 25.0 Å². The molecular formula is C18H18N8O5S2. The normalized spacial score (nSPS) is 11.4. The number of nitrogens with zero attached hydrogens (tertiary/aromatic N) is 8. The van der Waals surface area contributed by atoms with E-state index in [2.05, 4.69) is 20.2 Å². The van der Waals surface area contributed by atoms with Gasteiger partial charge >= 0.3 is 11.6 Å². The van der Waals surface area contributed by atoms with Gasteiger partial charge in [-0.3, -0.25) is 0 Å². The second-order valence-electron chi connectivity index (χ2n) is 6.65. The number of imidazole rings is 2. The van der Waals surface area contributed by atoms with Crippen LogP contribution in [0, 0.1) is 20.2 Å². The van der Waals surface area contributed by atoms with E-state index in [4.69, 9.17) is 4.74 Å². The van der Waals surface area contributed by atoms with E-state index >= 15 is 0 Å². The second-order valence-corrected chi connectivity index (χ2v) is 8.88. The first-order chi connectivity index (χ1) is 16.0. The quantitative estimate of drug-likeness (QED) is 0.124. The fraction of sp³-hybridized carbons (Fsp3) is 0.333. The van der Waals surface area contributed by atoms with Crippen molar-refractivity contribution in [2.75, 3.05) is 24.7 Å². The average Bonchev–Trinajstić information content (AvgIpc) is 3.41. The van der Waals surface area contributed by atoms with Crippen LogP contribution in [0.25, 0.3) is 11.3 Å². The van der Waals surface area contributed by atoms with Crippen LogP contribution >= 0.6 is 23.5 Å². The Morgan fingerprint density at radius 1 is 0.788 bits per heavy atom. The summed E-state index contributed by atoms with van der Waals surface area (Å²) in [6, 6.07) is 6.99. The summed E-state index contributed by atoms with van der Waals surface area (Å²) in [4.78, 5) is 28.9. The second kappa shape index (κ2) is 10.5. The summed E-state index contributed by atoms with van der Waals surface area (Å²) in [5.74, 6) is 1.21. The monoisotopic (exact) mass is 490 g/mol. The highest BCUT2D eigenvalue weighted by Gasteiger charge is 2.17. The number of rotatable bonds is 12. The molecule has 0 aliphatic rings. The Hall–Kier alpha value is -3.30. The number of thioether (sulfide) groups is 2. The zero-order valence-corrected chi connectivity index (χ0v) is 18.8. The molecule has 0 radical (unpaired) electrons. The molecule has 0 amide bonds. The molecule has 0 saturated carbocycles. The van der Waals surface area contributed by atoms with Crippen LogP contribution in [-0.2, 0) is 4.74 Å². The van der Waals surface area contributed by atoms with Gasteiger partial charge in [0.15, 0.2) is 0 Å². The van der Waals surface area contributed by atoms with E-state index in [-0.39, 0.29) is 11.6 Å². The van der Waals surface area contributed by atoms with Gasteiger partial charge in [-0.1, -0.05) is 19.2 Å². The maximum atomic E-state index is 11.0. The van der Waals surface area contributed by atoms with E-state index in [0.717, 1.165) is 24.3 Å². The van der Waals surface area contributed by atoms with Crippen molar-refractivity contribution in [2.24, 2.45) is 0 Å². The maximum Gasteiger partial charge on any atom is 0.368 e. The lowest BCUT2D eigenvalue weighted by Gasteiger charge is -2.04. The van der Waals surface area contributed by atoms with Crippen LogP contribution < -0.4 is 0 Å². The molecule has 0 atom stereocenters. The fourth-order valence-corrected chi connectivity index (χ4v) is 4.42. The summed E-state index contributed by atoms with van der Waals surface area (Å²) >= 11 is 3.00. The van der Waals surface area contributed by atoms with E-state index in [1.807, 2.05) is 0 Å². The van der Waals surface area contributed by atoms with Crippen LogP contribution in [-0.4, -0.2) is 63.8 Å². The molecule has 33 heavy (non-hydrogen) atoms.